The first-order valence-corrected chi connectivity index (χ1v) is 3.80. The molecule has 1 fully saturated rings. The van der Waals surface area contributed by atoms with E-state index in [2.05, 4.69) is 12.2 Å². The second kappa shape index (κ2) is 1.84. The molecule has 0 saturated heterocycles. The van der Waals surface area contributed by atoms with Crippen molar-refractivity contribution in [2.24, 2.45) is 23.5 Å². The molecule has 2 atom stereocenters. The molecular formula is C8H13N. The Balaban J connectivity index is 2.15. The molecule has 2 unspecified atom stereocenters. The van der Waals surface area contributed by atoms with Crippen LogP contribution >= 0.6 is 0 Å². The minimum Gasteiger partial charge on any atom is -0.330 e. The van der Waals surface area contributed by atoms with E-state index in [9.17, 15) is 0 Å². The monoisotopic (exact) mass is 123 g/mol. The minimum atomic E-state index is 0.810. The van der Waals surface area contributed by atoms with Crippen LogP contribution in [0.15, 0.2) is 12.2 Å². The van der Waals surface area contributed by atoms with Crippen molar-refractivity contribution < 1.29 is 0 Å². The van der Waals surface area contributed by atoms with E-state index in [1.807, 2.05) is 0 Å². The van der Waals surface area contributed by atoms with E-state index in [1.54, 1.807) is 0 Å². The first kappa shape index (κ1) is 5.48. The Labute approximate surface area is 55.9 Å². The molecule has 1 heteroatoms. The molecule has 0 aliphatic heterocycles. The summed E-state index contributed by atoms with van der Waals surface area (Å²) in [6.45, 7) is 0.891. The molecule has 2 bridgehead atoms. The van der Waals surface area contributed by atoms with Gasteiger partial charge in [-0.3, -0.25) is 0 Å². The molecule has 0 aromatic carbocycles. The van der Waals surface area contributed by atoms with Gasteiger partial charge >= 0.3 is 0 Å². The first-order chi connectivity index (χ1) is 4.42. The molecule has 2 rings (SSSR count). The van der Waals surface area contributed by atoms with Crippen LogP contribution in [0, 0.1) is 17.8 Å². The zero-order valence-corrected chi connectivity index (χ0v) is 5.59. The van der Waals surface area contributed by atoms with E-state index < -0.39 is 0 Å². The second-order valence-electron chi connectivity index (χ2n) is 3.19. The molecule has 0 radical (unpaired) electrons. The lowest BCUT2D eigenvalue weighted by molar-refractivity contribution is 0.441. The van der Waals surface area contributed by atoms with Crippen molar-refractivity contribution in [3.8, 4) is 0 Å². The molecule has 50 valence electrons. The Morgan fingerprint density at radius 1 is 1.22 bits per heavy atom. The summed E-state index contributed by atoms with van der Waals surface area (Å²) in [4.78, 5) is 0. The highest BCUT2D eigenvalue weighted by molar-refractivity contribution is 5.11. The van der Waals surface area contributed by atoms with Crippen LogP contribution in [0.4, 0.5) is 0 Å². The molecule has 1 nitrogen and oxygen atoms in total. The first-order valence-electron chi connectivity index (χ1n) is 3.80. The molecule has 2 aliphatic rings. The Morgan fingerprint density at radius 2 is 1.78 bits per heavy atom. The Kier molecular flexibility index (Phi) is 1.12. The van der Waals surface area contributed by atoms with Gasteiger partial charge in [0.15, 0.2) is 0 Å². The summed E-state index contributed by atoms with van der Waals surface area (Å²) in [6.07, 6.45) is 7.49. The van der Waals surface area contributed by atoms with E-state index >= 15 is 0 Å². The Morgan fingerprint density at radius 3 is 2.00 bits per heavy atom. The number of allylic oxidation sites excluding steroid dienone is 2. The van der Waals surface area contributed by atoms with E-state index in [4.69, 9.17) is 5.73 Å². The van der Waals surface area contributed by atoms with Crippen molar-refractivity contribution >= 4 is 0 Å². The third-order valence-corrected chi connectivity index (χ3v) is 2.81. The molecule has 2 aliphatic carbocycles. The molecule has 0 heterocycles. The molecule has 1 saturated carbocycles. The number of rotatable bonds is 1. The highest BCUT2D eigenvalue weighted by atomic mass is 14.6. The van der Waals surface area contributed by atoms with Gasteiger partial charge in [0.05, 0.1) is 0 Å². The van der Waals surface area contributed by atoms with Gasteiger partial charge in [-0.1, -0.05) is 12.2 Å². The lowest BCUT2D eigenvalue weighted by Crippen LogP contribution is -2.18. The fourth-order valence-electron chi connectivity index (χ4n) is 2.24. The molecular weight excluding hydrogens is 110 g/mol. The van der Waals surface area contributed by atoms with Gasteiger partial charge in [-0.15, -0.1) is 0 Å². The average molecular weight is 123 g/mol. The van der Waals surface area contributed by atoms with Gasteiger partial charge in [-0.25, -0.2) is 0 Å². The van der Waals surface area contributed by atoms with Crippen molar-refractivity contribution in [2.75, 3.05) is 6.54 Å². The second-order valence-corrected chi connectivity index (χ2v) is 3.19. The Hall–Kier alpha value is -0.300. The predicted molar refractivity (Wildman–Crippen MR) is 37.9 cm³/mol. The minimum absolute atomic E-state index is 0.810. The van der Waals surface area contributed by atoms with Gasteiger partial charge in [0.25, 0.3) is 0 Å². The fourth-order valence-corrected chi connectivity index (χ4v) is 2.24. The highest BCUT2D eigenvalue weighted by Crippen LogP contribution is 2.43. The zero-order valence-electron chi connectivity index (χ0n) is 5.59. The van der Waals surface area contributed by atoms with Crippen molar-refractivity contribution in [3.63, 3.8) is 0 Å². The summed E-state index contributed by atoms with van der Waals surface area (Å²) >= 11 is 0. The smallest absolute Gasteiger partial charge is 0.00376 e. The van der Waals surface area contributed by atoms with Gasteiger partial charge in [-0.05, 0) is 37.1 Å². The molecule has 0 aromatic rings. The van der Waals surface area contributed by atoms with Gasteiger partial charge in [0.1, 0.15) is 0 Å². The third-order valence-electron chi connectivity index (χ3n) is 2.81. The number of hydrogen-bond donors (Lipinski definition) is 1. The van der Waals surface area contributed by atoms with Crippen molar-refractivity contribution in [3.05, 3.63) is 12.2 Å². The van der Waals surface area contributed by atoms with Crippen LogP contribution in [0.25, 0.3) is 0 Å². The molecule has 0 amide bonds. The van der Waals surface area contributed by atoms with E-state index in [-0.39, 0.29) is 0 Å². The van der Waals surface area contributed by atoms with Crippen molar-refractivity contribution in [2.45, 2.75) is 12.8 Å². The number of hydrogen-bond acceptors (Lipinski definition) is 1. The van der Waals surface area contributed by atoms with Gasteiger partial charge in [-0.2, -0.15) is 0 Å². The van der Waals surface area contributed by atoms with Crippen LogP contribution in [0.2, 0.25) is 0 Å². The summed E-state index contributed by atoms with van der Waals surface area (Å²) in [7, 11) is 0. The van der Waals surface area contributed by atoms with Gasteiger partial charge < -0.3 is 5.73 Å². The molecule has 0 spiro atoms. The van der Waals surface area contributed by atoms with E-state index in [1.165, 1.54) is 12.8 Å². The highest BCUT2D eigenvalue weighted by Gasteiger charge is 2.35. The van der Waals surface area contributed by atoms with Crippen LogP contribution in [0.5, 0.6) is 0 Å². The van der Waals surface area contributed by atoms with E-state index in [0.717, 1.165) is 24.3 Å². The predicted octanol–water partition coefficient (Wildman–Crippen LogP) is 1.16. The summed E-state index contributed by atoms with van der Waals surface area (Å²) in [5.74, 6) is 2.50. The van der Waals surface area contributed by atoms with Crippen LogP contribution in [0.3, 0.4) is 0 Å². The molecule has 2 N–H and O–H groups in total. The maximum atomic E-state index is 5.61. The van der Waals surface area contributed by atoms with Crippen LogP contribution in [-0.4, -0.2) is 6.54 Å². The third kappa shape index (κ3) is 0.645. The SMILES string of the molecule is NCC1C2C=CC1CC2. The standard InChI is InChI=1S/C8H13N/c9-5-8-6-1-2-7(8)4-3-6/h1-2,6-8H,3-5,9H2. The summed E-state index contributed by atoms with van der Waals surface area (Å²) in [5, 5.41) is 0. The topological polar surface area (TPSA) is 26.0 Å². The fraction of sp³-hybridized carbons (Fsp3) is 0.750. The molecule has 9 heavy (non-hydrogen) atoms. The summed E-state index contributed by atoms with van der Waals surface area (Å²) in [6, 6.07) is 0. The van der Waals surface area contributed by atoms with Gasteiger partial charge in [0, 0.05) is 0 Å². The normalized spacial score (nSPS) is 46.6. The van der Waals surface area contributed by atoms with Crippen LogP contribution in [-0.2, 0) is 0 Å². The average Bonchev–Trinajstić information content (AvgIpc) is 2.44. The maximum Gasteiger partial charge on any atom is -0.00376 e. The maximum absolute atomic E-state index is 5.61. The summed E-state index contributed by atoms with van der Waals surface area (Å²) < 4.78 is 0. The zero-order chi connectivity index (χ0) is 6.27. The number of nitrogens with two attached hydrogens (primary N) is 1. The van der Waals surface area contributed by atoms with Gasteiger partial charge in [0.2, 0.25) is 0 Å². The van der Waals surface area contributed by atoms with Crippen molar-refractivity contribution in [1.82, 2.24) is 0 Å². The largest absolute Gasteiger partial charge is 0.330 e. The van der Waals surface area contributed by atoms with Crippen molar-refractivity contribution in [1.29, 1.82) is 0 Å². The molecule has 0 aromatic heterocycles. The summed E-state index contributed by atoms with van der Waals surface area (Å²) in [5.41, 5.74) is 5.61. The van der Waals surface area contributed by atoms with Crippen LogP contribution in [0.1, 0.15) is 12.8 Å². The number of fused-ring (bicyclic) bond motifs is 2. The lowest BCUT2D eigenvalue weighted by atomic mass is 9.97. The van der Waals surface area contributed by atoms with Crippen LogP contribution < -0.4 is 5.73 Å². The van der Waals surface area contributed by atoms with E-state index in [0.29, 0.717) is 0 Å². The quantitative estimate of drug-likeness (QED) is 0.520. The Bertz CT molecular complexity index is 126. The lowest BCUT2D eigenvalue weighted by Gasteiger charge is -2.10.